The minimum Gasteiger partial charge on any atom is -0.481 e. The van der Waals surface area contributed by atoms with E-state index >= 15 is 0 Å². The van der Waals surface area contributed by atoms with E-state index in [1.165, 1.54) is 0 Å². The maximum Gasteiger partial charge on any atom is 0.407 e. The van der Waals surface area contributed by atoms with Crippen LogP contribution in [0.2, 0.25) is 0 Å². The van der Waals surface area contributed by atoms with Crippen molar-refractivity contribution in [2.45, 2.75) is 45.1 Å². The van der Waals surface area contributed by atoms with Crippen LogP contribution in [0.1, 0.15) is 50.2 Å². The van der Waals surface area contributed by atoms with Crippen molar-refractivity contribution in [2.75, 3.05) is 20.2 Å². The van der Waals surface area contributed by atoms with Crippen molar-refractivity contribution >= 4 is 18.0 Å². The molecular weight excluding hydrogens is 420 g/mol. The zero-order valence-electron chi connectivity index (χ0n) is 19.4. The van der Waals surface area contributed by atoms with Crippen molar-refractivity contribution in [3.8, 4) is 11.1 Å². The summed E-state index contributed by atoms with van der Waals surface area (Å²) in [5, 5.41) is 11.7. The van der Waals surface area contributed by atoms with E-state index < -0.39 is 18.1 Å². The third kappa shape index (κ3) is 5.92. The van der Waals surface area contributed by atoms with Crippen LogP contribution in [0.5, 0.6) is 0 Å². The van der Waals surface area contributed by atoms with Crippen LogP contribution in [0, 0.1) is 5.92 Å². The fourth-order valence-electron chi connectivity index (χ4n) is 4.26. The van der Waals surface area contributed by atoms with Crippen LogP contribution >= 0.6 is 0 Å². The molecule has 0 radical (unpaired) electrons. The summed E-state index contributed by atoms with van der Waals surface area (Å²) in [4.78, 5) is 38.1. The van der Waals surface area contributed by atoms with Crippen molar-refractivity contribution < 1.29 is 24.2 Å². The number of carboxylic acids is 1. The Balaban J connectivity index is 1.66. The van der Waals surface area contributed by atoms with Gasteiger partial charge in [-0.2, -0.15) is 0 Å². The molecule has 2 amide bonds. The molecule has 33 heavy (non-hydrogen) atoms. The summed E-state index contributed by atoms with van der Waals surface area (Å²) in [7, 11) is 1.67. The van der Waals surface area contributed by atoms with E-state index in [4.69, 9.17) is 9.84 Å². The molecule has 2 aromatic rings. The van der Waals surface area contributed by atoms with Gasteiger partial charge in [-0.1, -0.05) is 68.8 Å². The van der Waals surface area contributed by atoms with Gasteiger partial charge in [-0.15, -0.1) is 0 Å². The molecule has 3 rings (SSSR count). The minimum atomic E-state index is -1.02. The van der Waals surface area contributed by atoms with E-state index in [1.807, 2.05) is 50.2 Å². The molecule has 0 saturated carbocycles. The van der Waals surface area contributed by atoms with Crippen molar-refractivity contribution in [2.24, 2.45) is 5.92 Å². The van der Waals surface area contributed by atoms with E-state index in [1.54, 1.807) is 11.9 Å². The van der Waals surface area contributed by atoms with Crippen LogP contribution in [0.25, 0.3) is 11.1 Å². The fraction of sp³-hybridized carbons (Fsp3) is 0.423. The van der Waals surface area contributed by atoms with Gasteiger partial charge < -0.3 is 20.1 Å². The molecule has 0 saturated heterocycles. The lowest BCUT2D eigenvalue weighted by Gasteiger charge is -2.26. The Morgan fingerprint density at radius 1 is 1.06 bits per heavy atom. The number of alkyl carbamates (subject to hydrolysis) is 1. The standard InChI is InChI=1S/C26H32N2O5/c1-4-17(2)15-28(3)25(31)23(13-14-24(29)30)27-26(32)33-16-22-20-11-7-5-9-18(20)19-10-6-8-12-21(19)22/h5-12,17,22-23H,4,13-16H2,1-3H3,(H,27,32)(H,29,30). The minimum absolute atomic E-state index is 0.00318. The summed E-state index contributed by atoms with van der Waals surface area (Å²) in [6.07, 6.45) is -0.0324. The second kappa shape index (κ2) is 11.0. The van der Waals surface area contributed by atoms with Gasteiger partial charge in [0.25, 0.3) is 0 Å². The normalized spacial score (nSPS) is 14.0. The van der Waals surface area contributed by atoms with Crippen LogP contribution in [0.4, 0.5) is 4.79 Å². The molecule has 0 aromatic heterocycles. The highest BCUT2D eigenvalue weighted by molar-refractivity contribution is 5.86. The second-order valence-corrected chi connectivity index (χ2v) is 8.69. The van der Waals surface area contributed by atoms with Crippen molar-refractivity contribution in [1.29, 1.82) is 0 Å². The van der Waals surface area contributed by atoms with E-state index in [2.05, 4.69) is 17.4 Å². The molecule has 0 spiro atoms. The first-order valence-electron chi connectivity index (χ1n) is 11.4. The number of hydrogen-bond acceptors (Lipinski definition) is 4. The number of ether oxygens (including phenoxy) is 1. The quantitative estimate of drug-likeness (QED) is 0.561. The number of aliphatic carboxylic acids is 1. The number of nitrogens with one attached hydrogen (secondary N) is 1. The van der Waals surface area contributed by atoms with Crippen molar-refractivity contribution in [1.82, 2.24) is 10.2 Å². The average Bonchev–Trinajstić information content (AvgIpc) is 3.13. The van der Waals surface area contributed by atoms with Gasteiger partial charge in [-0.3, -0.25) is 9.59 Å². The average molecular weight is 453 g/mol. The van der Waals surface area contributed by atoms with Gasteiger partial charge in [0.15, 0.2) is 0 Å². The number of carbonyl (C=O) groups excluding carboxylic acids is 2. The van der Waals surface area contributed by atoms with E-state index in [9.17, 15) is 14.4 Å². The Hall–Kier alpha value is -3.35. The molecule has 2 unspecified atom stereocenters. The maximum atomic E-state index is 12.9. The van der Waals surface area contributed by atoms with Gasteiger partial charge in [0.05, 0.1) is 0 Å². The molecule has 0 aliphatic heterocycles. The van der Waals surface area contributed by atoms with Crippen molar-refractivity contribution in [3.63, 3.8) is 0 Å². The SMILES string of the molecule is CCC(C)CN(C)C(=O)C(CCC(=O)O)NC(=O)OCC1c2ccccc2-c2ccccc21. The number of hydrogen-bond donors (Lipinski definition) is 2. The van der Waals surface area contributed by atoms with Gasteiger partial charge >= 0.3 is 12.1 Å². The Morgan fingerprint density at radius 2 is 1.64 bits per heavy atom. The van der Waals surface area contributed by atoms with Crippen LogP contribution in [-0.2, 0) is 14.3 Å². The van der Waals surface area contributed by atoms with Crippen LogP contribution in [-0.4, -0.2) is 54.2 Å². The van der Waals surface area contributed by atoms with Gasteiger partial charge in [-0.25, -0.2) is 4.79 Å². The highest BCUT2D eigenvalue weighted by Crippen LogP contribution is 2.44. The number of amides is 2. The van der Waals surface area contributed by atoms with E-state index in [-0.39, 0.29) is 31.3 Å². The molecule has 1 aliphatic rings. The molecular formula is C26H32N2O5. The Labute approximate surface area is 194 Å². The van der Waals surface area contributed by atoms with Gasteiger partial charge in [0, 0.05) is 25.9 Å². The molecule has 2 N–H and O–H groups in total. The third-order valence-corrected chi connectivity index (χ3v) is 6.24. The number of benzene rings is 2. The van der Waals surface area contributed by atoms with Gasteiger partial charge in [0.2, 0.25) is 5.91 Å². The first kappa shape index (κ1) is 24.3. The first-order chi connectivity index (χ1) is 15.8. The summed E-state index contributed by atoms with van der Waals surface area (Å²) >= 11 is 0. The predicted octanol–water partition coefficient (Wildman–Crippen LogP) is 4.26. The third-order valence-electron chi connectivity index (χ3n) is 6.24. The number of carbonyl (C=O) groups is 3. The summed E-state index contributed by atoms with van der Waals surface area (Å²) in [6, 6.07) is 15.1. The molecule has 1 aliphatic carbocycles. The number of rotatable bonds is 10. The largest absolute Gasteiger partial charge is 0.481 e. The topological polar surface area (TPSA) is 95.9 Å². The van der Waals surface area contributed by atoms with Gasteiger partial charge in [-0.05, 0) is 34.6 Å². The highest BCUT2D eigenvalue weighted by atomic mass is 16.5. The fourth-order valence-corrected chi connectivity index (χ4v) is 4.26. The second-order valence-electron chi connectivity index (χ2n) is 8.69. The van der Waals surface area contributed by atoms with E-state index in [0.29, 0.717) is 12.5 Å². The molecule has 2 aromatic carbocycles. The van der Waals surface area contributed by atoms with E-state index in [0.717, 1.165) is 28.7 Å². The Morgan fingerprint density at radius 3 is 2.18 bits per heavy atom. The van der Waals surface area contributed by atoms with Crippen LogP contribution < -0.4 is 5.32 Å². The first-order valence-corrected chi connectivity index (χ1v) is 11.4. The molecule has 7 heteroatoms. The zero-order chi connectivity index (χ0) is 24.0. The summed E-state index contributed by atoms with van der Waals surface area (Å²) in [6.45, 7) is 4.74. The lowest BCUT2D eigenvalue weighted by Crippen LogP contribution is -2.48. The maximum absolute atomic E-state index is 12.9. The van der Waals surface area contributed by atoms with Crippen molar-refractivity contribution in [3.05, 3.63) is 59.7 Å². The molecule has 0 bridgehead atoms. The van der Waals surface area contributed by atoms with Crippen LogP contribution in [0.3, 0.4) is 0 Å². The Kier molecular flexibility index (Phi) is 8.09. The number of fused-ring (bicyclic) bond motifs is 3. The lowest BCUT2D eigenvalue weighted by molar-refractivity contribution is -0.138. The molecule has 2 atom stereocenters. The summed E-state index contributed by atoms with van der Waals surface area (Å²) < 4.78 is 5.54. The zero-order valence-corrected chi connectivity index (χ0v) is 19.4. The predicted molar refractivity (Wildman–Crippen MR) is 126 cm³/mol. The number of likely N-dealkylation sites (N-methyl/N-ethyl adjacent to an activating group) is 1. The summed E-state index contributed by atoms with van der Waals surface area (Å²) in [5.74, 6) is -1.13. The van der Waals surface area contributed by atoms with Crippen LogP contribution in [0.15, 0.2) is 48.5 Å². The summed E-state index contributed by atoms with van der Waals surface area (Å²) in [5.41, 5.74) is 4.45. The molecule has 0 fully saturated rings. The van der Waals surface area contributed by atoms with Gasteiger partial charge in [0.1, 0.15) is 12.6 Å². The highest BCUT2D eigenvalue weighted by Gasteiger charge is 2.30. The Bertz CT molecular complexity index is 960. The molecule has 7 nitrogen and oxygen atoms in total. The monoisotopic (exact) mass is 452 g/mol. The lowest BCUT2D eigenvalue weighted by atomic mass is 9.98. The smallest absolute Gasteiger partial charge is 0.407 e. The molecule has 0 heterocycles. The molecule has 176 valence electrons. The number of nitrogens with zero attached hydrogens (tertiary/aromatic N) is 1. The number of carboxylic acid groups (broad SMARTS) is 1.